The van der Waals surface area contributed by atoms with Crippen LogP contribution in [-0.4, -0.2) is 16.8 Å². The summed E-state index contributed by atoms with van der Waals surface area (Å²) < 4.78 is 0. The molecule has 0 saturated heterocycles. The quantitative estimate of drug-likeness (QED) is 0.662. The predicted octanol–water partition coefficient (Wildman–Crippen LogP) is 4.39. The number of carbonyl (C=O) groups excluding carboxylic acids is 2. The van der Waals surface area contributed by atoms with Crippen molar-refractivity contribution in [3.8, 4) is 0 Å². The van der Waals surface area contributed by atoms with Crippen molar-refractivity contribution in [1.29, 1.82) is 0 Å². The molecule has 0 bridgehead atoms. The number of anilines is 2. The summed E-state index contributed by atoms with van der Waals surface area (Å²) in [7, 11) is 0. The first-order chi connectivity index (χ1) is 12.0. The molecular formula is C20H21N3O2. The third-order valence-electron chi connectivity index (χ3n) is 4.30. The van der Waals surface area contributed by atoms with Gasteiger partial charge >= 0.3 is 0 Å². The number of H-pyrrole nitrogens is 1. The maximum Gasteiger partial charge on any atom is 0.255 e. The number of carbonyl (C=O) groups is 2. The van der Waals surface area contributed by atoms with Gasteiger partial charge in [-0.05, 0) is 55.8 Å². The van der Waals surface area contributed by atoms with E-state index >= 15 is 0 Å². The first-order valence-corrected chi connectivity index (χ1v) is 8.28. The Kier molecular flexibility index (Phi) is 4.57. The van der Waals surface area contributed by atoms with Gasteiger partial charge in [-0.2, -0.15) is 0 Å². The highest BCUT2D eigenvalue weighted by atomic mass is 16.2. The van der Waals surface area contributed by atoms with E-state index in [0.29, 0.717) is 23.4 Å². The van der Waals surface area contributed by atoms with Crippen molar-refractivity contribution in [3.63, 3.8) is 0 Å². The molecular weight excluding hydrogens is 314 g/mol. The topological polar surface area (TPSA) is 74.0 Å². The molecule has 2 aromatic carbocycles. The van der Waals surface area contributed by atoms with Crippen LogP contribution in [0, 0.1) is 13.8 Å². The summed E-state index contributed by atoms with van der Waals surface area (Å²) in [6.07, 6.45) is 0.409. The van der Waals surface area contributed by atoms with Gasteiger partial charge in [-0.25, -0.2) is 0 Å². The number of benzene rings is 2. The molecule has 0 unspecified atom stereocenters. The van der Waals surface area contributed by atoms with Crippen molar-refractivity contribution in [2.24, 2.45) is 0 Å². The molecule has 5 nitrogen and oxygen atoms in total. The number of amides is 2. The fraction of sp³-hybridized carbons (Fsp3) is 0.200. The van der Waals surface area contributed by atoms with E-state index in [2.05, 4.69) is 15.6 Å². The van der Waals surface area contributed by atoms with Crippen molar-refractivity contribution >= 4 is 34.1 Å². The van der Waals surface area contributed by atoms with Gasteiger partial charge in [0, 0.05) is 40.0 Å². The predicted molar refractivity (Wildman–Crippen MR) is 101 cm³/mol. The third-order valence-corrected chi connectivity index (χ3v) is 4.30. The van der Waals surface area contributed by atoms with E-state index in [1.807, 2.05) is 26.0 Å². The van der Waals surface area contributed by atoms with Gasteiger partial charge in [0.1, 0.15) is 0 Å². The molecule has 3 aromatic rings. The lowest BCUT2D eigenvalue weighted by molar-refractivity contribution is -0.115. The zero-order valence-corrected chi connectivity index (χ0v) is 14.6. The SMILES string of the molecule is CCC(=O)Nc1cccc(NC(=O)c2ccc3[nH]c(C)c(C)c3c2)c1. The molecule has 0 aliphatic rings. The van der Waals surface area contributed by atoms with Gasteiger partial charge in [0.05, 0.1) is 0 Å². The maximum absolute atomic E-state index is 12.6. The van der Waals surface area contributed by atoms with Crippen LogP contribution in [0.4, 0.5) is 11.4 Å². The van der Waals surface area contributed by atoms with Crippen LogP contribution in [0.3, 0.4) is 0 Å². The molecule has 3 rings (SSSR count). The van der Waals surface area contributed by atoms with E-state index in [1.54, 1.807) is 37.3 Å². The summed E-state index contributed by atoms with van der Waals surface area (Å²) in [4.78, 5) is 27.4. The van der Waals surface area contributed by atoms with Crippen LogP contribution in [0.1, 0.15) is 35.0 Å². The van der Waals surface area contributed by atoms with Crippen LogP contribution in [0.25, 0.3) is 10.9 Å². The zero-order chi connectivity index (χ0) is 18.0. The van der Waals surface area contributed by atoms with Crippen LogP contribution in [0.15, 0.2) is 42.5 Å². The minimum absolute atomic E-state index is 0.0627. The summed E-state index contributed by atoms with van der Waals surface area (Å²) >= 11 is 0. The van der Waals surface area contributed by atoms with E-state index in [1.165, 1.54) is 0 Å². The molecule has 0 atom stereocenters. The van der Waals surface area contributed by atoms with E-state index in [-0.39, 0.29) is 11.8 Å². The molecule has 0 fully saturated rings. The van der Waals surface area contributed by atoms with Gasteiger partial charge in [-0.3, -0.25) is 9.59 Å². The molecule has 2 amide bonds. The van der Waals surface area contributed by atoms with Crippen molar-refractivity contribution in [1.82, 2.24) is 4.98 Å². The van der Waals surface area contributed by atoms with Gasteiger partial charge < -0.3 is 15.6 Å². The van der Waals surface area contributed by atoms with E-state index in [0.717, 1.165) is 22.2 Å². The fourth-order valence-corrected chi connectivity index (χ4v) is 2.73. The second-order valence-corrected chi connectivity index (χ2v) is 6.07. The van der Waals surface area contributed by atoms with Crippen LogP contribution in [0.5, 0.6) is 0 Å². The first-order valence-electron chi connectivity index (χ1n) is 8.28. The number of fused-ring (bicyclic) bond motifs is 1. The van der Waals surface area contributed by atoms with Crippen molar-refractivity contribution in [2.75, 3.05) is 10.6 Å². The van der Waals surface area contributed by atoms with Crippen molar-refractivity contribution in [2.45, 2.75) is 27.2 Å². The van der Waals surface area contributed by atoms with Crippen molar-refractivity contribution < 1.29 is 9.59 Å². The van der Waals surface area contributed by atoms with Gasteiger partial charge in [-0.1, -0.05) is 13.0 Å². The Balaban J connectivity index is 1.81. The monoisotopic (exact) mass is 335 g/mol. The normalized spacial score (nSPS) is 10.7. The number of aromatic nitrogens is 1. The highest BCUT2D eigenvalue weighted by molar-refractivity contribution is 6.07. The Morgan fingerprint density at radius 1 is 1.00 bits per heavy atom. The average Bonchev–Trinajstić information content (AvgIpc) is 2.89. The molecule has 0 aliphatic carbocycles. The fourth-order valence-electron chi connectivity index (χ4n) is 2.73. The molecule has 1 heterocycles. The number of hydrogen-bond donors (Lipinski definition) is 3. The Labute approximate surface area is 146 Å². The van der Waals surface area contributed by atoms with Crippen molar-refractivity contribution in [3.05, 3.63) is 59.3 Å². The lowest BCUT2D eigenvalue weighted by Gasteiger charge is -2.09. The lowest BCUT2D eigenvalue weighted by Crippen LogP contribution is -2.13. The third kappa shape index (κ3) is 3.55. The molecule has 25 heavy (non-hydrogen) atoms. The molecule has 0 spiro atoms. The van der Waals surface area contributed by atoms with Gasteiger partial charge in [0.25, 0.3) is 5.91 Å². The van der Waals surface area contributed by atoms with Gasteiger partial charge in [-0.15, -0.1) is 0 Å². The zero-order valence-electron chi connectivity index (χ0n) is 14.6. The second kappa shape index (κ2) is 6.81. The Morgan fingerprint density at radius 3 is 2.44 bits per heavy atom. The second-order valence-electron chi connectivity index (χ2n) is 6.07. The van der Waals surface area contributed by atoms with Gasteiger partial charge in [0.15, 0.2) is 0 Å². The highest BCUT2D eigenvalue weighted by Gasteiger charge is 2.11. The molecule has 0 saturated carbocycles. The Bertz CT molecular complexity index is 957. The maximum atomic E-state index is 12.6. The number of aromatic amines is 1. The van der Waals surface area contributed by atoms with Crippen LogP contribution < -0.4 is 10.6 Å². The number of nitrogens with one attached hydrogen (secondary N) is 3. The van der Waals surface area contributed by atoms with E-state index < -0.39 is 0 Å². The number of aryl methyl sites for hydroxylation is 2. The summed E-state index contributed by atoms with van der Waals surface area (Å²) in [5.41, 5.74) is 5.17. The number of hydrogen-bond acceptors (Lipinski definition) is 2. The Morgan fingerprint density at radius 2 is 1.72 bits per heavy atom. The largest absolute Gasteiger partial charge is 0.358 e. The van der Waals surface area contributed by atoms with E-state index in [4.69, 9.17) is 0 Å². The summed E-state index contributed by atoms with van der Waals surface area (Å²) in [6.45, 7) is 5.85. The summed E-state index contributed by atoms with van der Waals surface area (Å²) in [5, 5.41) is 6.72. The highest BCUT2D eigenvalue weighted by Crippen LogP contribution is 2.23. The lowest BCUT2D eigenvalue weighted by atomic mass is 10.1. The minimum atomic E-state index is -0.181. The smallest absolute Gasteiger partial charge is 0.255 e. The molecule has 128 valence electrons. The molecule has 3 N–H and O–H groups in total. The van der Waals surface area contributed by atoms with Crippen LogP contribution in [-0.2, 0) is 4.79 Å². The standard InChI is InChI=1S/C20H21N3O2/c1-4-19(24)22-15-6-5-7-16(11-15)23-20(25)14-8-9-18-17(10-14)12(2)13(3)21-18/h5-11,21H,4H2,1-3H3,(H,22,24)(H,23,25). The van der Waals surface area contributed by atoms with Crippen LogP contribution in [0.2, 0.25) is 0 Å². The molecule has 1 aromatic heterocycles. The van der Waals surface area contributed by atoms with Crippen LogP contribution >= 0.6 is 0 Å². The molecule has 0 radical (unpaired) electrons. The average molecular weight is 335 g/mol. The Hall–Kier alpha value is -3.08. The summed E-state index contributed by atoms with van der Waals surface area (Å²) in [6, 6.07) is 12.7. The summed E-state index contributed by atoms with van der Waals surface area (Å²) in [5.74, 6) is -0.244. The first kappa shape index (κ1) is 16.8. The molecule has 5 heteroatoms. The van der Waals surface area contributed by atoms with E-state index in [9.17, 15) is 9.59 Å². The minimum Gasteiger partial charge on any atom is -0.358 e. The number of rotatable bonds is 4. The molecule has 0 aliphatic heterocycles. The van der Waals surface area contributed by atoms with Gasteiger partial charge in [0.2, 0.25) is 5.91 Å².